The SMILES string of the molecule is CC1CN(C2CCC(N)C2)CC(C)S1. The van der Waals surface area contributed by atoms with Crippen LogP contribution in [-0.2, 0) is 0 Å². The van der Waals surface area contributed by atoms with E-state index in [0.29, 0.717) is 6.04 Å². The van der Waals surface area contributed by atoms with Gasteiger partial charge in [-0.3, -0.25) is 4.90 Å². The van der Waals surface area contributed by atoms with Gasteiger partial charge in [0.2, 0.25) is 0 Å². The average molecular weight is 214 g/mol. The molecule has 3 heteroatoms. The summed E-state index contributed by atoms with van der Waals surface area (Å²) in [4.78, 5) is 2.68. The number of nitrogens with two attached hydrogens (primary N) is 1. The van der Waals surface area contributed by atoms with Crippen LogP contribution in [0.5, 0.6) is 0 Å². The summed E-state index contributed by atoms with van der Waals surface area (Å²) >= 11 is 2.13. The van der Waals surface area contributed by atoms with Gasteiger partial charge in [0.15, 0.2) is 0 Å². The molecule has 0 radical (unpaired) electrons. The quantitative estimate of drug-likeness (QED) is 0.720. The van der Waals surface area contributed by atoms with Gasteiger partial charge in [0.05, 0.1) is 0 Å². The Hall–Kier alpha value is 0.270. The van der Waals surface area contributed by atoms with E-state index in [1.54, 1.807) is 0 Å². The Kier molecular flexibility index (Phi) is 3.40. The van der Waals surface area contributed by atoms with E-state index in [-0.39, 0.29) is 0 Å². The third-order valence-electron chi connectivity index (χ3n) is 3.41. The molecular weight excluding hydrogens is 192 g/mol. The Labute approximate surface area is 91.6 Å². The lowest BCUT2D eigenvalue weighted by Crippen LogP contribution is -2.45. The number of hydrogen-bond donors (Lipinski definition) is 1. The van der Waals surface area contributed by atoms with Crippen molar-refractivity contribution in [1.82, 2.24) is 4.90 Å². The van der Waals surface area contributed by atoms with Gasteiger partial charge in [-0.25, -0.2) is 0 Å². The lowest BCUT2D eigenvalue weighted by molar-refractivity contribution is 0.195. The van der Waals surface area contributed by atoms with Crippen molar-refractivity contribution in [3.8, 4) is 0 Å². The first kappa shape index (κ1) is 10.8. The van der Waals surface area contributed by atoms with Gasteiger partial charge in [0, 0.05) is 35.7 Å². The number of hydrogen-bond acceptors (Lipinski definition) is 3. The van der Waals surface area contributed by atoms with E-state index < -0.39 is 0 Å². The predicted molar refractivity (Wildman–Crippen MR) is 63.7 cm³/mol. The Morgan fingerprint density at radius 3 is 2.29 bits per heavy atom. The molecule has 1 saturated heterocycles. The predicted octanol–water partition coefficient (Wildman–Crippen LogP) is 1.69. The van der Waals surface area contributed by atoms with E-state index in [1.807, 2.05) is 0 Å². The molecule has 2 rings (SSSR count). The molecule has 0 aromatic carbocycles. The fourth-order valence-electron chi connectivity index (χ4n) is 2.84. The van der Waals surface area contributed by atoms with E-state index in [4.69, 9.17) is 5.73 Å². The van der Waals surface area contributed by atoms with Crippen molar-refractivity contribution in [2.75, 3.05) is 13.1 Å². The molecule has 0 aromatic rings. The lowest BCUT2D eigenvalue weighted by atomic mass is 10.2. The molecule has 2 N–H and O–H groups in total. The molecule has 4 atom stereocenters. The first-order chi connectivity index (χ1) is 6.65. The second-order valence-corrected chi connectivity index (χ2v) is 6.82. The van der Waals surface area contributed by atoms with Crippen molar-refractivity contribution in [3.63, 3.8) is 0 Å². The fourth-order valence-corrected chi connectivity index (χ4v) is 4.19. The average Bonchev–Trinajstić information content (AvgIpc) is 2.50. The third-order valence-corrected chi connectivity index (χ3v) is 4.64. The van der Waals surface area contributed by atoms with E-state index in [2.05, 4.69) is 30.5 Å². The molecule has 2 nitrogen and oxygen atoms in total. The minimum atomic E-state index is 0.472. The van der Waals surface area contributed by atoms with Gasteiger partial charge in [0.25, 0.3) is 0 Å². The number of thioether (sulfide) groups is 1. The van der Waals surface area contributed by atoms with Crippen molar-refractivity contribution in [2.24, 2.45) is 5.73 Å². The zero-order chi connectivity index (χ0) is 10.1. The summed E-state index contributed by atoms with van der Waals surface area (Å²) in [6.45, 7) is 7.24. The standard InChI is InChI=1S/C11H22N2S/c1-8-6-13(7-9(2)14-8)11-4-3-10(12)5-11/h8-11H,3-7,12H2,1-2H3. The van der Waals surface area contributed by atoms with E-state index in [9.17, 15) is 0 Å². The van der Waals surface area contributed by atoms with Crippen molar-refractivity contribution < 1.29 is 0 Å². The molecule has 0 aromatic heterocycles. The molecule has 0 spiro atoms. The summed E-state index contributed by atoms with van der Waals surface area (Å²) in [6, 6.07) is 1.26. The lowest BCUT2D eigenvalue weighted by Gasteiger charge is -2.38. The van der Waals surface area contributed by atoms with Crippen LogP contribution in [0, 0.1) is 0 Å². The molecule has 1 aliphatic heterocycles. The third kappa shape index (κ3) is 2.44. The summed E-state index contributed by atoms with van der Waals surface area (Å²) in [7, 11) is 0. The fraction of sp³-hybridized carbons (Fsp3) is 1.00. The molecule has 2 aliphatic rings. The molecule has 4 unspecified atom stereocenters. The summed E-state index contributed by atoms with van der Waals surface area (Å²) in [5.74, 6) is 0. The zero-order valence-electron chi connectivity index (χ0n) is 9.28. The zero-order valence-corrected chi connectivity index (χ0v) is 10.1. The summed E-state index contributed by atoms with van der Waals surface area (Å²) in [6.07, 6.45) is 3.78. The Bertz CT molecular complexity index is 188. The normalized spacial score (nSPS) is 45.6. The molecular formula is C11H22N2S. The topological polar surface area (TPSA) is 29.3 Å². The first-order valence-electron chi connectivity index (χ1n) is 5.80. The van der Waals surface area contributed by atoms with Crippen LogP contribution in [0.4, 0.5) is 0 Å². The van der Waals surface area contributed by atoms with Crippen LogP contribution in [0.1, 0.15) is 33.1 Å². The van der Waals surface area contributed by atoms with Gasteiger partial charge in [-0.05, 0) is 19.3 Å². The Morgan fingerprint density at radius 2 is 1.79 bits per heavy atom. The van der Waals surface area contributed by atoms with Crippen LogP contribution in [0.15, 0.2) is 0 Å². The number of nitrogens with zero attached hydrogens (tertiary/aromatic N) is 1. The van der Waals surface area contributed by atoms with E-state index >= 15 is 0 Å². The second kappa shape index (κ2) is 4.42. The van der Waals surface area contributed by atoms with Crippen LogP contribution in [0.2, 0.25) is 0 Å². The molecule has 1 aliphatic carbocycles. The van der Waals surface area contributed by atoms with Gasteiger partial charge < -0.3 is 5.73 Å². The van der Waals surface area contributed by atoms with Crippen molar-refractivity contribution in [1.29, 1.82) is 0 Å². The Balaban J connectivity index is 1.90. The maximum absolute atomic E-state index is 5.97. The molecule has 14 heavy (non-hydrogen) atoms. The van der Waals surface area contributed by atoms with Crippen LogP contribution in [-0.4, -0.2) is 40.6 Å². The highest BCUT2D eigenvalue weighted by Gasteiger charge is 2.31. The van der Waals surface area contributed by atoms with Crippen molar-refractivity contribution >= 4 is 11.8 Å². The summed E-state index contributed by atoms with van der Waals surface area (Å²) in [5, 5.41) is 1.60. The van der Waals surface area contributed by atoms with E-state index in [1.165, 1.54) is 32.4 Å². The van der Waals surface area contributed by atoms with Gasteiger partial charge in [-0.1, -0.05) is 13.8 Å². The molecule has 2 fully saturated rings. The highest BCUT2D eigenvalue weighted by Crippen LogP contribution is 2.30. The van der Waals surface area contributed by atoms with Crippen LogP contribution < -0.4 is 5.73 Å². The maximum atomic E-state index is 5.97. The van der Waals surface area contributed by atoms with Gasteiger partial charge >= 0.3 is 0 Å². The number of rotatable bonds is 1. The summed E-state index contributed by atoms with van der Waals surface area (Å²) in [5.41, 5.74) is 5.97. The monoisotopic (exact) mass is 214 g/mol. The first-order valence-corrected chi connectivity index (χ1v) is 6.74. The largest absolute Gasteiger partial charge is 0.328 e. The van der Waals surface area contributed by atoms with Crippen molar-refractivity contribution in [2.45, 2.75) is 55.7 Å². The van der Waals surface area contributed by atoms with E-state index in [0.717, 1.165) is 16.5 Å². The molecule has 1 saturated carbocycles. The molecule has 0 amide bonds. The molecule has 82 valence electrons. The van der Waals surface area contributed by atoms with Crippen molar-refractivity contribution in [3.05, 3.63) is 0 Å². The molecule has 1 heterocycles. The summed E-state index contributed by atoms with van der Waals surface area (Å²) < 4.78 is 0. The maximum Gasteiger partial charge on any atom is 0.0149 e. The van der Waals surface area contributed by atoms with Crippen LogP contribution in [0.3, 0.4) is 0 Å². The van der Waals surface area contributed by atoms with Gasteiger partial charge in [-0.15, -0.1) is 0 Å². The highest BCUT2D eigenvalue weighted by atomic mass is 32.2. The second-order valence-electron chi connectivity index (χ2n) is 4.94. The molecule has 0 bridgehead atoms. The highest BCUT2D eigenvalue weighted by molar-refractivity contribution is 8.00. The minimum absolute atomic E-state index is 0.472. The van der Waals surface area contributed by atoms with Gasteiger partial charge in [0.1, 0.15) is 0 Å². The van der Waals surface area contributed by atoms with Crippen LogP contribution in [0.25, 0.3) is 0 Å². The van der Waals surface area contributed by atoms with Gasteiger partial charge in [-0.2, -0.15) is 11.8 Å². The minimum Gasteiger partial charge on any atom is -0.328 e. The Morgan fingerprint density at radius 1 is 1.14 bits per heavy atom. The smallest absolute Gasteiger partial charge is 0.0149 e. The van der Waals surface area contributed by atoms with Crippen LogP contribution >= 0.6 is 11.8 Å².